The van der Waals surface area contributed by atoms with Crippen LogP contribution in [-0.2, 0) is 0 Å². The Balaban J connectivity index is 1.56. The molecule has 3 nitrogen and oxygen atoms in total. The first kappa shape index (κ1) is 13.8. The summed E-state index contributed by atoms with van der Waals surface area (Å²) >= 11 is 0. The second kappa shape index (κ2) is 6.55. The minimum absolute atomic E-state index is 0.0575. The molecule has 19 heavy (non-hydrogen) atoms. The smallest absolute Gasteiger partial charge is 0.0555 e. The van der Waals surface area contributed by atoms with E-state index >= 15 is 0 Å². The van der Waals surface area contributed by atoms with E-state index in [1.54, 1.807) is 0 Å². The van der Waals surface area contributed by atoms with Crippen LogP contribution in [0.4, 0.5) is 0 Å². The maximum Gasteiger partial charge on any atom is 0.0555 e. The van der Waals surface area contributed by atoms with Crippen molar-refractivity contribution >= 4 is 0 Å². The van der Waals surface area contributed by atoms with E-state index in [-0.39, 0.29) is 6.10 Å². The normalized spacial score (nSPS) is 44.4. The lowest BCUT2D eigenvalue weighted by atomic mass is 9.78. The summed E-state index contributed by atoms with van der Waals surface area (Å²) in [6, 6.07) is 2.02. The van der Waals surface area contributed by atoms with Gasteiger partial charge in [-0.15, -0.1) is 0 Å². The molecule has 1 saturated heterocycles. The maximum atomic E-state index is 9.83. The second-order valence-corrected chi connectivity index (χ2v) is 6.94. The molecule has 3 rings (SSSR count). The first-order valence-electron chi connectivity index (χ1n) is 8.50. The minimum Gasteiger partial charge on any atom is -0.393 e. The molecule has 0 amide bonds. The quantitative estimate of drug-likeness (QED) is 0.734. The van der Waals surface area contributed by atoms with Crippen LogP contribution in [-0.4, -0.2) is 35.9 Å². The number of aliphatic hydroxyl groups is 1. The van der Waals surface area contributed by atoms with Gasteiger partial charge in [-0.1, -0.05) is 12.8 Å². The molecule has 3 N–H and O–H groups in total. The molecule has 0 aromatic heterocycles. The zero-order chi connectivity index (χ0) is 13.1. The van der Waals surface area contributed by atoms with Gasteiger partial charge in [-0.2, -0.15) is 0 Å². The number of hydrogen-bond acceptors (Lipinski definition) is 3. The molecule has 0 bridgehead atoms. The van der Waals surface area contributed by atoms with Gasteiger partial charge in [0.25, 0.3) is 0 Å². The second-order valence-electron chi connectivity index (χ2n) is 6.94. The predicted octanol–water partition coefficient (Wildman–Crippen LogP) is 2.19. The summed E-state index contributed by atoms with van der Waals surface area (Å²) in [7, 11) is 0. The highest BCUT2D eigenvalue weighted by Gasteiger charge is 2.34. The highest BCUT2D eigenvalue weighted by Crippen LogP contribution is 2.32. The van der Waals surface area contributed by atoms with Crippen LogP contribution in [0.1, 0.15) is 64.2 Å². The molecule has 0 spiro atoms. The van der Waals surface area contributed by atoms with Gasteiger partial charge in [0.15, 0.2) is 0 Å². The molecule has 1 heterocycles. The van der Waals surface area contributed by atoms with Gasteiger partial charge in [0.05, 0.1) is 6.10 Å². The average Bonchev–Trinajstić information content (AvgIpc) is 2.93. The van der Waals surface area contributed by atoms with Crippen molar-refractivity contribution in [3.05, 3.63) is 0 Å². The van der Waals surface area contributed by atoms with Gasteiger partial charge in [0.2, 0.25) is 0 Å². The van der Waals surface area contributed by atoms with Crippen LogP contribution in [0.3, 0.4) is 0 Å². The third kappa shape index (κ3) is 3.50. The summed E-state index contributed by atoms with van der Waals surface area (Å²) in [5, 5.41) is 17.5. The molecule has 2 saturated carbocycles. The van der Waals surface area contributed by atoms with Gasteiger partial charge in [-0.25, -0.2) is 0 Å². The van der Waals surface area contributed by atoms with E-state index in [0.717, 1.165) is 24.8 Å². The summed E-state index contributed by atoms with van der Waals surface area (Å²) in [6.45, 7) is 1.22. The van der Waals surface area contributed by atoms with Gasteiger partial charge in [0, 0.05) is 18.1 Å². The summed E-state index contributed by atoms with van der Waals surface area (Å²) in [5.41, 5.74) is 0. The van der Waals surface area contributed by atoms with Crippen LogP contribution in [0.25, 0.3) is 0 Å². The fraction of sp³-hybridized carbons (Fsp3) is 1.00. The van der Waals surface area contributed by atoms with Crippen LogP contribution < -0.4 is 10.6 Å². The zero-order valence-electron chi connectivity index (χ0n) is 12.1. The molecule has 5 unspecified atom stereocenters. The first-order valence-corrected chi connectivity index (χ1v) is 8.50. The number of hydrogen-bond donors (Lipinski definition) is 3. The van der Waals surface area contributed by atoms with Gasteiger partial charge >= 0.3 is 0 Å². The Morgan fingerprint density at radius 1 is 0.895 bits per heavy atom. The van der Waals surface area contributed by atoms with Crippen LogP contribution >= 0.6 is 0 Å². The van der Waals surface area contributed by atoms with E-state index < -0.39 is 0 Å². The highest BCUT2D eigenvalue weighted by molar-refractivity contribution is 4.93. The Morgan fingerprint density at radius 2 is 1.79 bits per heavy atom. The van der Waals surface area contributed by atoms with E-state index in [1.807, 2.05) is 0 Å². The molecule has 2 aliphatic carbocycles. The van der Waals surface area contributed by atoms with E-state index in [4.69, 9.17) is 0 Å². The van der Waals surface area contributed by atoms with Crippen molar-refractivity contribution in [2.75, 3.05) is 6.54 Å². The summed E-state index contributed by atoms with van der Waals surface area (Å²) < 4.78 is 0. The Hall–Kier alpha value is -0.120. The maximum absolute atomic E-state index is 9.83. The molecular formula is C16H30N2O. The van der Waals surface area contributed by atoms with Crippen LogP contribution in [0.2, 0.25) is 0 Å². The summed E-state index contributed by atoms with van der Waals surface area (Å²) in [5.74, 6) is 0.829. The van der Waals surface area contributed by atoms with Gasteiger partial charge in [-0.3, -0.25) is 0 Å². The molecule has 0 aromatic rings. The Kier molecular flexibility index (Phi) is 4.78. The SMILES string of the molecule is OC1CCCC(NC2CCCCC2C2CCCN2)C1. The predicted molar refractivity (Wildman–Crippen MR) is 78.2 cm³/mol. The summed E-state index contributed by atoms with van der Waals surface area (Å²) in [4.78, 5) is 0. The average molecular weight is 266 g/mol. The van der Waals surface area contributed by atoms with E-state index in [2.05, 4.69) is 10.6 Å². The van der Waals surface area contributed by atoms with Gasteiger partial charge in [0.1, 0.15) is 0 Å². The molecule has 5 atom stereocenters. The molecular weight excluding hydrogens is 236 g/mol. The highest BCUT2D eigenvalue weighted by atomic mass is 16.3. The van der Waals surface area contributed by atoms with Crippen LogP contribution in [0.5, 0.6) is 0 Å². The van der Waals surface area contributed by atoms with Crippen molar-refractivity contribution in [3.63, 3.8) is 0 Å². The number of nitrogens with one attached hydrogen (secondary N) is 2. The van der Waals surface area contributed by atoms with Crippen LogP contribution in [0, 0.1) is 5.92 Å². The fourth-order valence-corrected chi connectivity index (χ4v) is 4.54. The molecule has 3 aliphatic rings. The summed E-state index contributed by atoms with van der Waals surface area (Å²) in [6.07, 6.45) is 12.6. The van der Waals surface area contributed by atoms with E-state index in [0.29, 0.717) is 12.1 Å². The number of aliphatic hydroxyl groups excluding tert-OH is 1. The zero-order valence-corrected chi connectivity index (χ0v) is 12.1. The minimum atomic E-state index is -0.0575. The molecule has 3 heteroatoms. The monoisotopic (exact) mass is 266 g/mol. The Morgan fingerprint density at radius 3 is 2.58 bits per heavy atom. The van der Waals surface area contributed by atoms with Crippen molar-refractivity contribution in [2.45, 2.75) is 88.4 Å². The van der Waals surface area contributed by atoms with E-state index in [9.17, 15) is 5.11 Å². The largest absolute Gasteiger partial charge is 0.393 e. The van der Waals surface area contributed by atoms with Gasteiger partial charge in [-0.05, 0) is 63.8 Å². The lowest BCUT2D eigenvalue weighted by molar-refractivity contribution is 0.0980. The topological polar surface area (TPSA) is 44.3 Å². The van der Waals surface area contributed by atoms with Crippen molar-refractivity contribution in [3.8, 4) is 0 Å². The standard InChI is InChI=1S/C16H30N2O/c19-13-6-3-5-12(11-13)18-16-8-2-1-7-14(16)15-9-4-10-17-15/h12-19H,1-11H2. The Labute approximate surface area is 117 Å². The lowest BCUT2D eigenvalue weighted by Gasteiger charge is -2.40. The number of rotatable bonds is 3. The third-order valence-corrected chi connectivity index (χ3v) is 5.53. The molecule has 110 valence electrons. The molecule has 3 fully saturated rings. The molecule has 0 radical (unpaired) electrons. The van der Waals surface area contributed by atoms with Crippen molar-refractivity contribution in [1.82, 2.24) is 10.6 Å². The van der Waals surface area contributed by atoms with Crippen LogP contribution in [0.15, 0.2) is 0 Å². The molecule has 0 aromatic carbocycles. The van der Waals surface area contributed by atoms with Crippen molar-refractivity contribution in [1.29, 1.82) is 0 Å². The molecule has 1 aliphatic heterocycles. The van der Waals surface area contributed by atoms with Gasteiger partial charge < -0.3 is 15.7 Å². The lowest BCUT2D eigenvalue weighted by Crippen LogP contribution is -2.51. The van der Waals surface area contributed by atoms with E-state index in [1.165, 1.54) is 57.9 Å². The fourth-order valence-electron chi connectivity index (χ4n) is 4.54. The van der Waals surface area contributed by atoms with Crippen molar-refractivity contribution in [2.24, 2.45) is 5.92 Å². The third-order valence-electron chi connectivity index (χ3n) is 5.53. The Bertz CT molecular complexity index is 278. The first-order chi connectivity index (χ1) is 9.33. The van der Waals surface area contributed by atoms with Crippen molar-refractivity contribution < 1.29 is 5.11 Å².